The molecular formula is C14H15Cl3N2O2S2. The van der Waals surface area contributed by atoms with Gasteiger partial charge in [-0.1, -0.05) is 58.8 Å². The van der Waals surface area contributed by atoms with E-state index in [0.29, 0.717) is 9.22 Å². The lowest BCUT2D eigenvalue weighted by molar-refractivity contribution is 0.0522. The highest BCUT2D eigenvalue weighted by Gasteiger charge is 2.26. The van der Waals surface area contributed by atoms with E-state index in [1.807, 2.05) is 0 Å². The van der Waals surface area contributed by atoms with Gasteiger partial charge >= 0.3 is 5.97 Å². The van der Waals surface area contributed by atoms with Crippen LogP contribution in [0.25, 0.3) is 0 Å². The van der Waals surface area contributed by atoms with Crippen molar-refractivity contribution in [1.82, 2.24) is 9.88 Å². The Hall–Kier alpha value is -0.270. The van der Waals surface area contributed by atoms with Gasteiger partial charge in [-0.2, -0.15) is 0 Å². The number of carbonyl (C=O) groups is 1. The lowest BCUT2D eigenvalue weighted by atomic mass is 10.1. The summed E-state index contributed by atoms with van der Waals surface area (Å²) in [7, 11) is 0. The first-order chi connectivity index (χ1) is 11.0. The number of hydrogen-bond donors (Lipinski definition) is 0. The van der Waals surface area contributed by atoms with Gasteiger partial charge in [0, 0.05) is 13.1 Å². The summed E-state index contributed by atoms with van der Waals surface area (Å²) >= 11 is 25.0. The van der Waals surface area contributed by atoms with Crippen molar-refractivity contribution in [1.29, 1.82) is 0 Å². The maximum absolute atomic E-state index is 12.2. The first kappa shape index (κ1) is 19.1. The lowest BCUT2D eigenvalue weighted by Crippen LogP contribution is -2.32. The van der Waals surface area contributed by atoms with E-state index in [4.69, 9.17) is 51.8 Å². The molecule has 0 amide bonds. The van der Waals surface area contributed by atoms with E-state index in [2.05, 4.69) is 9.88 Å². The standard InChI is InChI=1S/C14H15Cl3N2O2S2/c1-2-21-13(20)8-10(9(15)12(17)18-11(8)16)23-14(22)19-6-4-3-5-7-19/h2-7H2,1H3. The van der Waals surface area contributed by atoms with Gasteiger partial charge in [-0.3, -0.25) is 0 Å². The van der Waals surface area contributed by atoms with Crippen LogP contribution < -0.4 is 0 Å². The summed E-state index contributed by atoms with van der Waals surface area (Å²) in [6.07, 6.45) is 3.39. The van der Waals surface area contributed by atoms with Crippen LogP contribution in [0.1, 0.15) is 36.5 Å². The summed E-state index contributed by atoms with van der Waals surface area (Å²) in [6.45, 7) is 3.72. The van der Waals surface area contributed by atoms with Crippen LogP contribution in [0.2, 0.25) is 15.3 Å². The molecule has 126 valence electrons. The van der Waals surface area contributed by atoms with Crippen molar-refractivity contribution in [3.05, 3.63) is 20.9 Å². The Morgan fingerprint density at radius 3 is 2.52 bits per heavy atom. The predicted molar refractivity (Wildman–Crippen MR) is 99.1 cm³/mol. The van der Waals surface area contributed by atoms with Crippen LogP contribution in [-0.2, 0) is 4.74 Å². The van der Waals surface area contributed by atoms with Crippen LogP contribution in [0.3, 0.4) is 0 Å². The van der Waals surface area contributed by atoms with E-state index in [0.717, 1.165) is 25.9 Å². The molecule has 0 saturated carbocycles. The smallest absolute Gasteiger partial charge is 0.342 e. The molecule has 1 aliphatic heterocycles. The molecule has 23 heavy (non-hydrogen) atoms. The van der Waals surface area contributed by atoms with Gasteiger partial charge < -0.3 is 9.64 Å². The van der Waals surface area contributed by atoms with E-state index >= 15 is 0 Å². The zero-order valence-electron chi connectivity index (χ0n) is 12.4. The van der Waals surface area contributed by atoms with E-state index in [-0.39, 0.29) is 27.5 Å². The molecule has 0 bridgehead atoms. The number of thiocarbonyl (C=S) groups is 1. The highest BCUT2D eigenvalue weighted by molar-refractivity contribution is 8.23. The molecule has 0 N–H and O–H groups in total. The normalized spacial score (nSPS) is 14.7. The van der Waals surface area contributed by atoms with Crippen molar-refractivity contribution in [3.8, 4) is 0 Å². The summed E-state index contributed by atoms with van der Waals surface area (Å²) in [5, 5.41) is 0.152. The van der Waals surface area contributed by atoms with Crippen molar-refractivity contribution in [2.24, 2.45) is 0 Å². The second-order valence-electron chi connectivity index (χ2n) is 4.85. The number of thioether (sulfide) groups is 1. The largest absolute Gasteiger partial charge is 0.462 e. The fraction of sp³-hybridized carbons (Fsp3) is 0.500. The van der Waals surface area contributed by atoms with Gasteiger partial charge in [-0.05, 0) is 26.2 Å². The Kier molecular flexibility index (Phi) is 7.22. The van der Waals surface area contributed by atoms with E-state index in [1.165, 1.54) is 18.2 Å². The van der Waals surface area contributed by atoms with Gasteiger partial charge in [0.2, 0.25) is 0 Å². The first-order valence-corrected chi connectivity index (χ1v) is 9.50. The maximum atomic E-state index is 12.2. The third kappa shape index (κ3) is 4.63. The molecule has 0 radical (unpaired) electrons. The quantitative estimate of drug-likeness (QED) is 0.298. The van der Waals surface area contributed by atoms with Gasteiger partial charge in [-0.15, -0.1) is 0 Å². The average Bonchev–Trinajstić information content (AvgIpc) is 2.53. The van der Waals surface area contributed by atoms with Crippen molar-refractivity contribution < 1.29 is 9.53 Å². The van der Waals surface area contributed by atoms with Gasteiger partial charge in [0.05, 0.1) is 16.5 Å². The molecule has 0 atom stereocenters. The third-order valence-corrected chi connectivity index (χ3v) is 5.97. The lowest BCUT2D eigenvalue weighted by Gasteiger charge is -2.28. The number of halogens is 3. The second kappa shape index (κ2) is 8.72. The van der Waals surface area contributed by atoms with Gasteiger partial charge in [0.15, 0.2) is 5.15 Å². The molecule has 9 heteroatoms. The number of likely N-dealkylation sites (tertiary alicyclic amines) is 1. The molecule has 1 aliphatic rings. The average molecular weight is 414 g/mol. The summed E-state index contributed by atoms with van der Waals surface area (Å²) in [5.41, 5.74) is 0.104. The SMILES string of the molecule is CCOC(=O)c1c(Cl)nc(Cl)c(Cl)c1SC(=S)N1CCCCC1. The monoisotopic (exact) mass is 412 g/mol. The maximum Gasteiger partial charge on any atom is 0.342 e. The van der Waals surface area contributed by atoms with Crippen LogP contribution in [0.15, 0.2) is 4.90 Å². The number of pyridine rings is 1. The van der Waals surface area contributed by atoms with E-state index in [1.54, 1.807) is 6.92 Å². The van der Waals surface area contributed by atoms with Crippen LogP contribution >= 0.6 is 58.8 Å². The molecule has 2 rings (SSSR count). The van der Waals surface area contributed by atoms with E-state index in [9.17, 15) is 4.79 Å². The second-order valence-corrected chi connectivity index (χ2v) is 7.59. The minimum absolute atomic E-state index is 0.0358. The number of carbonyl (C=O) groups excluding carboxylic acids is 1. The number of hydrogen-bond acceptors (Lipinski definition) is 5. The molecular weight excluding hydrogens is 399 g/mol. The number of piperidine rings is 1. The number of nitrogens with zero attached hydrogens (tertiary/aromatic N) is 2. The number of ether oxygens (including phenoxy) is 1. The molecule has 0 aromatic carbocycles. The van der Waals surface area contributed by atoms with Crippen LogP contribution in [-0.4, -0.2) is 39.9 Å². The van der Waals surface area contributed by atoms with Crippen LogP contribution in [0, 0.1) is 0 Å². The summed E-state index contributed by atoms with van der Waals surface area (Å²) in [5.74, 6) is -0.590. The van der Waals surface area contributed by atoms with Crippen molar-refractivity contribution in [3.63, 3.8) is 0 Å². The Bertz CT molecular complexity index is 623. The molecule has 0 aliphatic carbocycles. The number of aromatic nitrogens is 1. The minimum atomic E-state index is -0.590. The van der Waals surface area contributed by atoms with E-state index < -0.39 is 5.97 Å². The topological polar surface area (TPSA) is 42.4 Å². The number of esters is 1. The molecule has 0 unspecified atom stereocenters. The minimum Gasteiger partial charge on any atom is -0.462 e. The predicted octanol–water partition coefficient (Wildman–Crippen LogP) is 5.08. The number of rotatable bonds is 3. The highest BCUT2D eigenvalue weighted by atomic mass is 35.5. The molecule has 4 nitrogen and oxygen atoms in total. The van der Waals surface area contributed by atoms with Gasteiger partial charge in [0.25, 0.3) is 0 Å². The highest BCUT2D eigenvalue weighted by Crippen LogP contribution is 2.39. The Morgan fingerprint density at radius 2 is 1.91 bits per heavy atom. The van der Waals surface area contributed by atoms with Crippen LogP contribution in [0.5, 0.6) is 0 Å². The van der Waals surface area contributed by atoms with Gasteiger partial charge in [0.1, 0.15) is 15.0 Å². The van der Waals surface area contributed by atoms with Crippen molar-refractivity contribution >= 4 is 69.1 Å². The van der Waals surface area contributed by atoms with Crippen molar-refractivity contribution in [2.75, 3.05) is 19.7 Å². The summed E-state index contributed by atoms with van der Waals surface area (Å²) in [4.78, 5) is 18.6. The zero-order chi connectivity index (χ0) is 17.0. The molecule has 1 aromatic rings. The summed E-state index contributed by atoms with van der Waals surface area (Å²) in [6, 6.07) is 0. The molecule has 0 spiro atoms. The Labute approximate surface area is 159 Å². The fourth-order valence-electron chi connectivity index (χ4n) is 2.19. The molecule has 2 heterocycles. The van der Waals surface area contributed by atoms with Crippen LogP contribution in [0.4, 0.5) is 0 Å². The fourth-order valence-corrected chi connectivity index (χ4v) is 4.42. The zero-order valence-corrected chi connectivity index (χ0v) is 16.3. The van der Waals surface area contributed by atoms with Gasteiger partial charge in [-0.25, -0.2) is 9.78 Å². The molecule has 1 fully saturated rings. The summed E-state index contributed by atoms with van der Waals surface area (Å²) < 4.78 is 5.67. The Balaban J connectivity index is 2.35. The van der Waals surface area contributed by atoms with Crippen molar-refractivity contribution in [2.45, 2.75) is 31.1 Å². The first-order valence-electron chi connectivity index (χ1n) is 7.14. The molecule has 1 saturated heterocycles. The Morgan fingerprint density at radius 1 is 1.26 bits per heavy atom. The molecule has 1 aromatic heterocycles. The third-order valence-electron chi connectivity index (χ3n) is 3.29.